The number of benzene rings is 1. The van der Waals surface area contributed by atoms with Crippen LogP contribution in [0.2, 0.25) is 0 Å². The van der Waals surface area contributed by atoms with Crippen molar-refractivity contribution in [1.82, 2.24) is 19.8 Å². The van der Waals surface area contributed by atoms with E-state index in [-0.39, 0.29) is 24.4 Å². The summed E-state index contributed by atoms with van der Waals surface area (Å²) in [5.41, 5.74) is 1.65. The number of carbonyl (C=O) groups is 2. The maximum atomic E-state index is 12.2. The summed E-state index contributed by atoms with van der Waals surface area (Å²) >= 11 is 0. The van der Waals surface area contributed by atoms with Crippen molar-refractivity contribution in [2.45, 2.75) is 19.4 Å². The lowest BCUT2D eigenvalue weighted by Crippen LogP contribution is -2.40. The SMILES string of the molecule is CNC(=O)CC(C)N(C)C(=O)Nc1ccc(-n2ccnc2)cc1. The fourth-order valence-electron chi connectivity index (χ4n) is 2.05. The van der Waals surface area contributed by atoms with Crippen LogP contribution in [-0.2, 0) is 4.79 Å². The Morgan fingerprint density at radius 1 is 1.30 bits per heavy atom. The van der Waals surface area contributed by atoms with Crippen LogP contribution in [0.25, 0.3) is 5.69 Å². The van der Waals surface area contributed by atoms with Crippen molar-refractivity contribution >= 4 is 17.6 Å². The van der Waals surface area contributed by atoms with Crippen LogP contribution < -0.4 is 10.6 Å². The molecule has 0 aliphatic rings. The van der Waals surface area contributed by atoms with E-state index < -0.39 is 0 Å². The van der Waals surface area contributed by atoms with Crippen LogP contribution in [0, 0.1) is 0 Å². The largest absolute Gasteiger partial charge is 0.359 e. The van der Waals surface area contributed by atoms with E-state index >= 15 is 0 Å². The Hall–Kier alpha value is -2.83. The minimum absolute atomic E-state index is 0.0955. The highest BCUT2D eigenvalue weighted by Gasteiger charge is 2.18. The monoisotopic (exact) mass is 315 g/mol. The van der Waals surface area contributed by atoms with Gasteiger partial charge in [-0.05, 0) is 31.2 Å². The Bertz CT molecular complexity index is 652. The lowest BCUT2D eigenvalue weighted by molar-refractivity contribution is -0.121. The Morgan fingerprint density at radius 2 is 2.00 bits per heavy atom. The van der Waals surface area contributed by atoms with Crippen LogP contribution in [0.15, 0.2) is 43.0 Å². The van der Waals surface area contributed by atoms with Gasteiger partial charge in [0.25, 0.3) is 0 Å². The fourth-order valence-corrected chi connectivity index (χ4v) is 2.05. The van der Waals surface area contributed by atoms with Gasteiger partial charge in [0.1, 0.15) is 0 Å². The fraction of sp³-hybridized carbons (Fsp3) is 0.312. The van der Waals surface area contributed by atoms with Crippen molar-refractivity contribution in [3.8, 4) is 5.69 Å². The average Bonchev–Trinajstić information content (AvgIpc) is 3.09. The third-order valence-electron chi connectivity index (χ3n) is 3.66. The summed E-state index contributed by atoms with van der Waals surface area (Å²) in [5.74, 6) is -0.0955. The molecule has 0 aliphatic heterocycles. The van der Waals surface area contributed by atoms with Gasteiger partial charge in [0.2, 0.25) is 5.91 Å². The van der Waals surface area contributed by atoms with Crippen molar-refractivity contribution in [1.29, 1.82) is 0 Å². The molecule has 7 nitrogen and oxygen atoms in total. The van der Waals surface area contributed by atoms with Gasteiger partial charge in [-0.1, -0.05) is 0 Å². The molecule has 1 aromatic carbocycles. The minimum Gasteiger partial charge on any atom is -0.359 e. The molecule has 122 valence electrons. The van der Waals surface area contributed by atoms with Gasteiger partial charge in [0, 0.05) is 50.3 Å². The number of urea groups is 1. The van der Waals surface area contributed by atoms with E-state index in [0.29, 0.717) is 5.69 Å². The van der Waals surface area contributed by atoms with Crippen LogP contribution >= 0.6 is 0 Å². The molecule has 23 heavy (non-hydrogen) atoms. The summed E-state index contributed by atoms with van der Waals surface area (Å²) < 4.78 is 1.88. The molecule has 0 fully saturated rings. The number of nitrogens with zero attached hydrogens (tertiary/aromatic N) is 3. The number of imidazole rings is 1. The zero-order valence-corrected chi connectivity index (χ0v) is 13.5. The molecule has 3 amide bonds. The lowest BCUT2D eigenvalue weighted by Gasteiger charge is -2.24. The van der Waals surface area contributed by atoms with Gasteiger partial charge < -0.3 is 20.1 Å². The first-order valence-corrected chi connectivity index (χ1v) is 7.34. The number of rotatable bonds is 5. The summed E-state index contributed by atoms with van der Waals surface area (Å²) in [6.07, 6.45) is 5.53. The topological polar surface area (TPSA) is 79.3 Å². The normalized spacial score (nSPS) is 11.6. The molecule has 0 radical (unpaired) electrons. The second-order valence-electron chi connectivity index (χ2n) is 5.28. The Morgan fingerprint density at radius 3 is 2.57 bits per heavy atom. The predicted molar refractivity (Wildman–Crippen MR) is 88.5 cm³/mol. The Labute approximate surface area is 135 Å². The first-order chi connectivity index (χ1) is 11.0. The van der Waals surface area contributed by atoms with Gasteiger partial charge in [0.15, 0.2) is 0 Å². The van der Waals surface area contributed by atoms with Crippen molar-refractivity contribution in [3.63, 3.8) is 0 Å². The van der Waals surface area contributed by atoms with Gasteiger partial charge in [-0.15, -0.1) is 0 Å². The van der Waals surface area contributed by atoms with Crippen LogP contribution in [0.5, 0.6) is 0 Å². The van der Waals surface area contributed by atoms with Gasteiger partial charge in [-0.3, -0.25) is 4.79 Å². The van der Waals surface area contributed by atoms with E-state index in [2.05, 4.69) is 15.6 Å². The van der Waals surface area contributed by atoms with E-state index in [4.69, 9.17) is 0 Å². The average molecular weight is 315 g/mol. The third-order valence-corrected chi connectivity index (χ3v) is 3.66. The molecule has 2 aromatic rings. The molecule has 1 atom stereocenters. The highest BCUT2D eigenvalue weighted by molar-refractivity contribution is 5.89. The van der Waals surface area contributed by atoms with Gasteiger partial charge in [0.05, 0.1) is 6.33 Å². The highest BCUT2D eigenvalue weighted by Crippen LogP contribution is 2.14. The molecular weight excluding hydrogens is 294 g/mol. The molecular formula is C16H21N5O2. The summed E-state index contributed by atoms with van der Waals surface area (Å²) in [6, 6.07) is 6.99. The molecule has 0 spiro atoms. The number of aromatic nitrogens is 2. The smallest absolute Gasteiger partial charge is 0.321 e. The number of hydrogen-bond acceptors (Lipinski definition) is 3. The van der Waals surface area contributed by atoms with E-state index in [0.717, 1.165) is 5.69 Å². The van der Waals surface area contributed by atoms with Gasteiger partial charge in [-0.25, -0.2) is 9.78 Å². The quantitative estimate of drug-likeness (QED) is 0.884. The van der Waals surface area contributed by atoms with Crippen molar-refractivity contribution in [2.24, 2.45) is 0 Å². The first kappa shape index (κ1) is 16.5. The first-order valence-electron chi connectivity index (χ1n) is 7.34. The predicted octanol–water partition coefficient (Wildman–Crippen LogP) is 1.86. The second kappa shape index (κ2) is 7.44. The van der Waals surface area contributed by atoms with E-state index in [1.165, 1.54) is 4.90 Å². The molecule has 0 saturated carbocycles. The summed E-state index contributed by atoms with van der Waals surface area (Å²) in [6.45, 7) is 1.83. The molecule has 7 heteroatoms. The molecule has 1 unspecified atom stereocenters. The Balaban J connectivity index is 1.95. The molecule has 0 saturated heterocycles. The van der Waals surface area contributed by atoms with Gasteiger partial charge >= 0.3 is 6.03 Å². The van der Waals surface area contributed by atoms with Crippen molar-refractivity contribution in [3.05, 3.63) is 43.0 Å². The van der Waals surface area contributed by atoms with Crippen LogP contribution in [0.3, 0.4) is 0 Å². The molecule has 0 bridgehead atoms. The number of amides is 3. The molecule has 1 heterocycles. The zero-order chi connectivity index (χ0) is 16.8. The van der Waals surface area contributed by atoms with Crippen LogP contribution in [-0.4, -0.2) is 46.5 Å². The lowest BCUT2D eigenvalue weighted by atomic mass is 10.2. The zero-order valence-electron chi connectivity index (χ0n) is 13.5. The van der Waals surface area contributed by atoms with Crippen molar-refractivity contribution < 1.29 is 9.59 Å². The molecule has 2 N–H and O–H groups in total. The molecule has 0 aliphatic carbocycles. The third kappa shape index (κ3) is 4.32. The summed E-state index contributed by atoms with van der Waals surface area (Å²) in [7, 11) is 3.25. The summed E-state index contributed by atoms with van der Waals surface area (Å²) in [4.78, 5) is 29.1. The van der Waals surface area contributed by atoms with E-state index in [1.54, 1.807) is 26.6 Å². The molecule has 1 aromatic heterocycles. The second-order valence-corrected chi connectivity index (χ2v) is 5.28. The summed E-state index contributed by atoms with van der Waals surface area (Å²) in [5, 5.41) is 5.37. The number of nitrogens with one attached hydrogen (secondary N) is 2. The maximum Gasteiger partial charge on any atom is 0.321 e. The van der Waals surface area contributed by atoms with E-state index in [9.17, 15) is 9.59 Å². The number of anilines is 1. The maximum absolute atomic E-state index is 12.2. The van der Waals surface area contributed by atoms with Gasteiger partial charge in [-0.2, -0.15) is 0 Å². The van der Waals surface area contributed by atoms with Crippen molar-refractivity contribution in [2.75, 3.05) is 19.4 Å². The number of carbonyl (C=O) groups excluding carboxylic acids is 2. The van der Waals surface area contributed by atoms with Crippen LogP contribution in [0.1, 0.15) is 13.3 Å². The van der Waals surface area contributed by atoms with Crippen LogP contribution in [0.4, 0.5) is 10.5 Å². The Kier molecular flexibility index (Phi) is 5.35. The molecule has 2 rings (SSSR count). The van der Waals surface area contributed by atoms with E-state index in [1.807, 2.05) is 42.0 Å². The highest BCUT2D eigenvalue weighted by atomic mass is 16.2. The minimum atomic E-state index is -0.253. The number of hydrogen-bond donors (Lipinski definition) is 2. The standard InChI is InChI=1S/C16H21N5O2/c1-12(10-15(22)17-2)20(3)16(23)19-13-4-6-14(7-5-13)21-9-8-18-11-21/h4-9,11-12H,10H2,1-3H3,(H,17,22)(H,19,23).